The molecule has 19 heavy (non-hydrogen) atoms. The van der Waals surface area contributed by atoms with Gasteiger partial charge in [-0.25, -0.2) is 9.97 Å². The number of nitrogens with one attached hydrogen (secondary N) is 1. The van der Waals surface area contributed by atoms with Crippen LogP contribution in [0.4, 0.5) is 5.82 Å². The van der Waals surface area contributed by atoms with Gasteiger partial charge >= 0.3 is 0 Å². The first-order valence-corrected chi connectivity index (χ1v) is 6.41. The molecule has 0 aliphatic rings. The monoisotopic (exact) mass is 256 g/mol. The molecule has 2 aromatic rings. The van der Waals surface area contributed by atoms with Crippen molar-refractivity contribution in [1.82, 2.24) is 15.0 Å². The van der Waals surface area contributed by atoms with Crippen LogP contribution >= 0.6 is 0 Å². The molecule has 0 aromatic carbocycles. The Morgan fingerprint density at radius 1 is 1.16 bits per heavy atom. The Morgan fingerprint density at radius 2 is 1.89 bits per heavy atom. The highest BCUT2D eigenvalue weighted by molar-refractivity contribution is 5.57. The smallest absolute Gasteiger partial charge is 0.180 e. The van der Waals surface area contributed by atoms with Gasteiger partial charge in [0.05, 0.1) is 5.69 Å². The molecule has 4 nitrogen and oxygen atoms in total. The summed E-state index contributed by atoms with van der Waals surface area (Å²) in [6.45, 7) is 8.45. The number of nitrogens with zero attached hydrogens (tertiary/aromatic N) is 3. The number of anilines is 1. The van der Waals surface area contributed by atoms with Gasteiger partial charge in [-0.15, -0.1) is 0 Å². The van der Waals surface area contributed by atoms with Gasteiger partial charge < -0.3 is 5.32 Å². The lowest BCUT2D eigenvalue weighted by atomic mass is 9.92. The molecule has 4 heteroatoms. The number of aromatic nitrogens is 3. The molecule has 2 rings (SSSR count). The maximum Gasteiger partial charge on any atom is 0.180 e. The molecule has 0 spiro atoms. The lowest BCUT2D eigenvalue weighted by molar-refractivity contribution is 0.568. The Morgan fingerprint density at radius 3 is 2.47 bits per heavy atom. The van der Waals surface area contributed by atoms with Crippen LogP contribution in [0.5, 0.6) is 0 Å². The van der Waals surface area contributed by atoms with Crippen molar-refractivity contribution >= 4 is 5.82 Å². The van der Waals surface area contributed by atoms with E-state index in [0.717, 1.165) is 22.8 Å². The summed E-state index contributed by atoms with van der Waals surface area (Å²) in [7, 11) is 1.86. The van der Waals surface area contributed by atoms with Crippen LogP contribution in [-0.4, -0.2) is 22.0 Å². The molecule has 100 valence electrons. The summed E-state index contributed by atoms with van der Waals surface area (Å²) < 4.78 is 0. The molecular weight excluding hydrogens is 236 g/mol. The van der Waals surface area contributed by atoms with Crippen molar-refractivity contribution in [3.05, 3.63) is 35.7 Å². The molecule has 0 saturated heterocycles. The van der Waals surface area contributed by atoms with Crippen LogP contribution in [0.1, 0.15) is 32.0 Å². The first-order chi connectivity index (χ1) is 8.91. The van der Waals surface area contributed by atoms with Crippen LogP contribution in [0.2, 0.25) is 0 Å². The van der Waals surface area contributed by atoms with Gasteiger partial charge in [0.2, 0.25) is 0 Å². The van der Waals surface area contributed by atoms with E-state index in [9.17, 15) is 0 Å². The maximum atomic E-state index is 4.67. The first-order valence-electron chi connectivity index (χ1n) is 6.41. The average molecular weight is 256 g/mol. The highest BCUT2D eigenvalue weighted by Crippen LogP contribution is 2.25. The van der Waals surface area contributed by atoms with Crippen molar-refractivity contribution in [2.75, 3.05) is 12.4 Å². The summed E-state index contributed by atoms with van der Waals surface area (Å²) in [5.74, 6) is 1.50. The number of rotatable bonds is 2. The van der Waals surface area contributed by atoms with Crippen LogP contribution in [0.3, 0.4) is 0 Å². The zero-order valence-corrected chi connectivity index (χ0v) is 12.2. The molecule has 0 bridgehead atoms. The molecule has 1 N–H and O–H groups in total. The van der Waals surface area contributed by atoms with E-state index >= 15 is 0 Å². The van der Waals surface area contributed by atoms with Gasteiger partial charge in [-0.3, -0.25) is 4.98 Å². The van der Waals surface area contributed by atoms with Gasteiger partial charge in [-0.2, -0.15) is 0 Å². The van der Waals surface area contributed by atoms with Gasteiger partial charge in [0, 0.05) is 24.7 Å². The normalized spacial score (nSPS) is 11.4. The summed E-state index contributed by atoms with van der Waals surface area (Å²) >= 11 is 0. The Hall–Kier alpha value is -1.97. The quantitative estimate of drug-likeness (QED) is 0.896. The van der Waals surface area contributed by atoms with Crippen LogP contribution in [0.15, 0.2) is 24.4 Å². The fourth-order valence-electron chi connectivity index (χ4n) is 1.79. The third-order valence-corrected chi connectivity index (χ3v) is 2.97. The molecule has 0 unspecified atom stereocenters. The topological polar surface area (TPSA) is 50.7 Å². The van der Waals surface area contributed by atoms with Crippen molar-refractivity contribution in [1.29, 1.82) is 0 Å². The van der Waals surface area contributed by atoms with Crippen molar-refractivity contribution < 1.29 is 0 Å². The molecule has 0 fully saturated rings. The van der Waals surface area contributed by atoms with E-state index < -0.39 is 0 Å². The van der Waals surface area contributed by atoms with Crippen LogP contribution in [0.25, 0.3) is 11.5 Å². The fraction of sp³-hybridized carbons (Fsp3) is 0.400. The second kappa shape index (κ2) is 4.96. The Bertz CT molecular complexity index is 585. The zero-order valence-electron chi connectivity index (χ0n) is 12.2. The summed E-state index contributed by atoms with van der Waals surface area (Å²) in [5.41, 5.74) is 2.90. The first kappa shape index (κ1) is 13.5. The average Bonchev–Trinajstić information content (AvgIpc) is 2.37. The molecule has 0 atom stereocenters. The molecular formula is C15H20N4. The Balaban J connectivity index is 2.61. The molecule has 0 saturated carbocycles. The number of hydrogen-bond acceptors (Lipinski definition) is 4. The lowest BCUT2D eigenvalue weighted by Crippen LogP contribution is -2.15. The molecule has 0 amide bonds. The van der Waals surface area contributed by atoms with E-state index in [1.54, 1.807) is 6.20 Å². The largest absolute Gasteiger partial charge is 0.373 e. The van der Waals surface area contributed by atoms with Crippen LogP contribution < -0.4 is 5.32 Å². The molecule has 0 radical (unpaired) electrons. The molecule has 0 aliphatic carbocycles. The second-order valence-electron chi connectivity index (χ2n) is 5.63. The van der Waals surface area contributed by atoms with Crippen molar-refractivity contribution in [2.24, 2.45) is 0 Å². The predicted octanol–water partition coefficient (Wildman–Crippen LogP) is 3.19. The zero-order chi connectivity index (χ0) is 14.0. The van der Waals surface area contributed by atoms with Crippen molar-refractivity contribution in [3.8, 4) is 11.5 Å². The maximum absolute atomic E-state index is 4.67. The van der Waals surface area contributed by atoms with Crippen molar-refractivity contribution in [2.45, 2.75) is 33.1 Å². The van der Waals surface area contributed by atoms with Gasteiger partial charge in [0.15, 0.2) is 5.82 Å². The summed E-state index contributed by atoms with van der Waals surface area (Å²) in [5, 5.41) is 3.09. The lowest BCUT2D eigenvalue weighted by Gasteiger charge is -2.19. The minimum Gasteiger partial charge on any atom is -0.373 e. The number of aryl methyl sites for hydroxylation is 1. The molecule has 2 heterocycles. The van der Waals surface area contributed by atoms with E-state index in [2.05, 4.69) is 41.0 Å². The molecule has 2 aromatic heterocycles. The van der Waals surface area contributed by atoms with Crippen molar-refractivity contribution in [3.63, 3.8) is 0 Å². The third-order valence-electron chi connectivity index (χ3n) is 2.97. The second-order valence-corrected chi connectivity index (χ2v) is 5.63. The highest BCUT2D eigenvalue weighted by Gasteiger charge is 2.19. The van der Waals surface area contributed by atoms with E-state index in [1.807, 2.05) is 32.2 Å². The minimum atomic E-state index is -0.0219. The Kier molecular flexibility index (Phi) is 3.51. The van der Waals surface area contributed by atoms with Crippen LogP contribution in [0, 0.1) is 6.92 Å². The third kappa shape index (κ3) is 2.89. The standard InChI is InChI=1S/C15H20N4/c1-10-7-6-8-17-13(10)14-18-11(15(2,3)4)9-12(16-5)19-14/h6-9H,1-5H3,(H,16,18,19). The fourth-order valence-corrected chi connectivity index (χ4v) is 1.79. The SMILES string of the molecule is CNc1cc(C(C)(C)C)nc(-c2ncccc2C)n1. The number of pyridine rings is 1. The highest BCUT2D eigenvalue weighted by atomic mass is 15.0. The number of hydrogen-bond donors (Lipinski definition) is 1. The summed E-state index contributed by atoms with van der Waals surface area (Å²) in [6, 6.07) is 5.93. The molecule has 0 aliphatic heterocycles. The minimum absolute atomic E-state index is 0.0219. The van der Waals surface area contributed by atoms with E-state index in [4.69, 9.17) is 0 Å². The summed E-state index contributed by atoms with van der Waals surface area (Å²) in [4.78, 5) is 13.6. The van der Waals surface area contributed by atoms with Crippen LogP contribution in [-0.2, 0) is 5.41 Å². The predicted molar refractivity (Wildman–Crippen MR) is 78.2 cm³/mol. The van der Waals surface area contributed by atoms with E-state index in [1.165, 1.54) is 0 Å². The van der Waals surface area contributed by atoms with Gasteiger partial charge in [0.25, 0.3) is 0 Å². The van der Waals surface area contributed by atoms with Gasteiger partial charge in [-0.1, -0.05) is 26.8 Å². The van der Waals surface area contributed by atoms with E-state index in [-0.39, 0.29) is 5.41 Å². The van der Waals surface area contributed by atoms with Gasteiger partial charge in [-0.05, 0) is 18.6 Å². The van der Waals surface area contributed by atoms with E-state index in [0.29, 0.717) is 5.82 Å². The van der Waals surface area contributed by atoms with Gasteiger partial charge in [0.1, 0.15) is 11.5 Å². The summed E-state index contributed by atoms with van der Waals surface area (Å²) in [6.07, 6.45) is 1.77. The Labute approximate surface area is 114 Å².